The Kier molecular flexibility index (Phi) is 3.23. The van der Waals surface area contributed by atoms with Crippen LogP contribution in [0.1, 0.15) is 5.56 Å². The smallest absolute Gasteiger partial charge is 0.240 e. The summed E-state index contributed by atoms with van der Waals surface area (Å²) in [5, 5.41) is 0. The highest BCUT2D eigenvalue weighted by atomic mass is 79.9. The molecule has 0 fully saturated rings. The Morgan fingerprint density at radius 2 is 2.23 bits per heavy atom. The monoisotopic (exact) mass is 241 g/mol. The molecule has 3 nitrogen and oxygen atoms in total. The second kappa shape index (κ2) is 4.21. The van der Waals surface area contributed by atoms with Gasteiger partial charge in [-0.05, 0) is 19.1 Å². The van der Waals surface area contributed by atoms with E-state index in [9.17, 15) is 4.79 Å². The van der Waals surface area contributed by atoms with Crippen LogP contribution in [0.2, 0.25) is 0 Å². The second-order valence-electron chi connectivity index (χ2n) is 2.43. The molecule has 0 saturated carbocycles. The standard InChI is InChI=1S/C9H8BrNO2/c1-6-7(10)3-4-8(11-5-12)9(6)13-2/h3-4H,1-2H3. The van der Waals surface area contributed by atoms with Crippen LogP contribution in [0.4, 0.5) is 5.69 Å². The van der Waals surface area contributed by atoms with E-state index < -0.39 is 0 Å². The summed E-state index contributed by atoms with van der Waals surface area (Å²) in [7, 11) is 1.54. The lowest BCUT2D eigenvalue weighted by Crippen LogP contribution is -1.88. The summed E-state index contributed by atoms with van der Waals surface area (Å²) in [6.07, 6.45) is 1.49. The number of carbonyl (C=O) groups excluding carboxylic acids is 1. The summed E-state index contributed by atoms with van der Waals surface area (Å²) in [5.74, 6) is 0.595. The fraction of sp³-hybridized carbons (Fsp3) is 0.222. The molecule has 0 aromatic heterocycles. The highest BCUT2D eigenvalue weighted by Crippen LogP contribution is 2.34. The molecule has 0 radical (unpaired) electrons. The van der Waals surface area contributed by atoms with E-state index in [2.05, 4.69) is 20.9 Å². The van der Waals surface area contributed by atoms with Gasteiger partial charge < -0.3 is 4.74 Å². The van der Waals surface area contributed by atoms with Crippen LogP contribution in [0.15, 0.2) is 21.6 Å². The lowest BCUT2D eigenvalue weighted by Gasteiger charge is -2.07. The molecule has 0 aliphatic carbocycles. The summed E-state index contributed by atoms with van der Waals surface area (Å²) in [5.41, 5.74) is 1.41. The van der Waals surface area contributed by atoms with Crippen LogP contribution in [0.25, 0.3) is 0 Å². The third kappa shape index (κ3) is 1.97. The van der Waals surface area contributed by atoms with Gasteiger partial charge in [0.15, 0.2) is 0 Å². The number of isocyanates is 1. The van der Waals surface area contributed by atoms with E-state index in [0.717, 1.165) is 10.0 Å². The maximum Gasteiger partial charge on any atom is 0.240 e. The summed E-state index contributed by atoms with van der Waals surface area (Å²) in [6, 6.07) is 3.51. The highest BCUT2D eigenvalue weighted by molar-refractivity contribution is 9.10. The van der Waals surface area contributed by atoms with Gasteiger partial charge in [0, 0.05) is 10.0 Å². The molecule has 0 spiro atoms. The molecule has 1 rings (SSSR count). The molecule has 0 saturated heterocycles. The minimum Gasteiger partial charge on any atom is -0.494 e. The minimum atomic E-state index is 0.498. The molecule has 0 amide bonds. The first-order chi connectivity index (χ1) is 6.20. The van der Waals surface area contributed by atoms with Crippen LogP contribution in [0.3, 0.4) is 0 Å². The molecule has 0 N–H and O–H groups in total. The Hall–Kier alpha value is -1.12. The van der Waals surface area contributed by atoms with Crippen molar-refractivity contribution in [1.82, 2.24) is 0 Å². The minimum absolute atomic E-state index is 0.498. The van der Waals surface area contributed by atoms with Crippen LogP contribution >= 0.6 is 15.9 Å². The van der Waals surface area contributed by atoms with Crippen molar-refractivity contribution >= 4 is 27.7 Å². The Labute approximate surface area is 84.6 Å². The topological polar surface area (TPSA) is 38.7 Å². The number of methoxy groups -OCH3 is 1. The number of hydrogen-bond donors (Lipinski definition) is 0. The van der Waals surface area contributed by atoms with Crippen molar-refractivity contribution < 1.29 is 9.53 Å². The highest BCUT2D eigenvalue weighted by Gasteiger charge is 2.07. The second-order valence-corrected chi connectivity index (χ2v) is 3.28. The van der Waals surface area contributed by atoms with Crippen molar-refractivity contribution in [3.8, 4) is 5.75 Å². The first kappa shape index (κ1) is 9.96. The van der Waals surface area contributed by atoms with E-state index in [4.69, 9.17) is 4.74 Å². The van der Waals surface area contributed by atoms with Gasteiger partial charge in [-0.2, -0.15) is 4.99 Å². The SMILES string of the molecule is COc1c(N=C=O)ccc(Br)c1C. The Morgan fingerprint density at radius 3 is 2.77 bits per heavy atom. The number of benzene rings is 1. The molecular weight excluding hydrogens is 234 g/mol. The number of nitrogens with zero attached hydrogens (tertiary/aromatic N) is 1. The molecule has 13 heavy (non-hydrogen) atoms. The Morgan fingerprint density at radius 1 is 1.54 bits per heavy atom. The van der Waals surface area contributed by atoms with E-state index in [0.29, 0.717) is 11.4 Å². The van der Waals surface area contributed by atoms with Crippen LogP contribution in [0, 0.1) is 6.92 Å². The van der Waals surface area contributed by atoms with Crippen LogP contribution in [-0.4, -0.2) is 13.2 Å². The van der Waals surface area contributed by atoms with Crippen LogP contribution in [-0.2, 0) is 4.79 Å². The number of aliphatic imine (C=N–C) groups is 1. The number of halogens is 1. The molecular formula is C9H8BrNO2. The van der Waals surface area contributed by atoms with E-state index >= 15 is 0 Å². The summed E-state index contributed by atoms with van der Waals surface area (Å²) in [4.78, 5) is 13.6. The van der Waals surface area contributed by atoms with Gasteiger partial charge in [-0.1, -0.05) is 15.9 Å². The van der Waals surface area contributed by atoms with Crippen LogP contribution < -0.4 is 4.74 Å². The lowest BCUT2D eigenvalue weighted by atomic mass is 10.2. The van der Waals surface area contributed by atoms with E-state index in [-0.39, 0.29) is 0 Å². The fourth-order valence-corrected chi connectivity index (χ4v) is 1.36. The van der Waals surface area contributed by atoms with Crippen LogP contribution in [0.5, 0.6) is 5.75 Å². The predicted molar refractivity (Wildman–Crippen MR) is 53.2 cm³/mol. The normalized spacial score (nSPS) is 9.15. The Bertz CT molecular complexity index is 370. The molecule has 0 unspecified atom stereocenters. The number of ether oxygens (including phenoxy) is 1. The molecule has 1 aromatic rings. The maximum absolute atomic E-state index is 10.1. The Balaban J connectivity index is 3.37. The molecule has 1 aromatic carbocycles. The van der Waals surface area contributed by atoms with Gasteiger partial charge in [-0.15, -0.1) is 0 Å². The van der Waals surface area contributed by atoms with E-state index in [1.807, 2.05) is 13.0 Å². The quantitative estimate of drug-likeness (QED) is 0.590. The molecule has 0 atom stereocenters. The first-order valence-electron chi connectivity index (χ1n) is 3.61. The molecule has 0 heterocycles. The fourth-order valence-electron chi connectivity index (χ4n) is 1.05. The predicted octanol–water partition coefficient (Wildman–Crippen LogP) is 2.73. The zero-order valence-corrected chi connectivity index (χ0v) is 8.88. The number of hydrogen-bond acceptors (Lipinski definition) is 3. The van der Waals surface area contributed by atoms with Crippen molar-refractivity contribution in [2.24, 2.45) is 4.99 Å². The average molecular weight is 242 g/mol. The van der Waals surface area contributed by atoms with Gasteiger partial charge in [0.2, 0.25) is 6.08 Å². The molecule has 4 heteroatoms. The van der Waals surface area contributed by atoms with E-state index in [1.54, 1.807) is 13.2 Å². The zero-order chi connectivity index (χ0) is 9.84. The summed E-state index contributed by atoms with van der Waals surface area (Å²) < 4.78 is 6.03. The maximum atomic E-state index is 10.1. The zero-order valence-electron chi connectivity index (χ0n) is 7.30. The van der Waals surface area contributed by atoms with Crippen molar-refractivity contribution in [2.75, 3.05) is 7.11 Å². The van der Waals surface area contributed by atoms with Gasteiger partial charge in [0.25, 0.3) is 0 Å². The van der Waals surface area contributed by atoms with Gasteiger partial charge in [-0.25, -0.2) is 4.79 Å². The van der Waals surface area contributed by atoms with Crippen molar-refractivity contribution in [1.29, 1.82) is 0 Å². The van der Waals surface area contributed by atoms with Gasteiger partial charge in [-0.3, -0.25) is 0 Å². The largest absolute Gasteiger partial charge is 0.494 e. The van der Waals surface area contributed by atoms with Gasteiger partial charge in [0.05, 0.1) is 7.11 Å². The van der Waals surface area contributed by atoms with Crippen molar-refractivity contribution in [3.05, 3.63) is 22.2 Å². The van der Waals surface area contributed by atoms with Gasteiger partial charge in [0.1, 0.15) is 11.4 Å². The van der Waals surface area contributed by atoms with Gasteiger partial charge >= 0.3 is 0 Å². The molecule has 68 valence electrons. The summed E-state index contributed by atoms with van der Waals surface area (Å²) in [6.45, 7) is 1.88. The number of rotatable bonds is 2. The average Bonchev–Trinajstić information content (AvgIpc) is 2.12. The summed E-state index contributed by atoms with van der Waals surface area (Å²) >= 11 is 3.35. The first-order valence-corrected chi connectivity index (χ1v) is 4.41. The molecule has 0 bridgehead atoms. The van der Waals surface area contributed by atoms with Crippen molar-refractivity contribution in [2.45, 2.75) is 6.92 Å². The molecule has 0 aliphatic rings. The third-order valence-electron chi connectivity index (χ3n) is 1.69. The molecule has 0 aliphatic heterocycles. The van der Waals surface area contributed by atoms with E-state index in [1.165, 1.54) is 6.08 Å². The van der Waals surface area contributed by atoms with Crippen molar-refractivity contribution in [3.63, 3.8) is 0 Å². The lowest BCUT2D eigenvalue weighted by molar-refractivity contribution is 0.412. The third-order valence-corrected chi connectivity index (χ3v) is 2.55.